The fourth-order valence-corrected chi connectivity index (χ4v) is 3.85. The number of aliphatic hydroxyl groups is 1. The van der Waals surface area contributed by atoms with Crippen LogP contribution in [-0.4, -0.2) is 33.0 Å². The molecule has 2 aliphatic rings. The molecule has 170 valence electrons. The average molecular weight is 439 g/mol. The third-order valence-electron chi connectivity index (χ3n) is 6.04. The van der Waals surface area contributed by atoms with Crippen LogP contribution in [0.2, 0.25) is 0 Å². The van der Waals surface area contributed by atoms with Gasteiger partial charge in [-0.05, 0) is 84.9 Å². The van der Waals surface area contributed by atoms with E-state index in [1.54, 1.807) is 31.2 Å². The molecule has 0 bridgehead atoms. The molecule has 2 aliphatic carbocycles. The number of benzene rings is 2. The van der Waals surface area contributed by atoms with Crippen LogP contribution in [0.15, 0.2) is 36.4 Å². The first-order valence-corrected chi connectivity index (χ1v) is 11.2. The summed E-state index contributed by atoms with van der Waals surface area (Å²) in [5.41, 5.74) is 4.00. The Balaban J connectivity index is 0.000000181. The molecule has 4 rings (SSSR count). The van der Waals surface area contributed by atoms with Gasteiger partial charge in [-0.25, -0.2) is 9.59 Å². The van der Waals surface area contributed by atoms with Gasteiger partial charge in [0.05, 0.1) is 17.2 Å². The van der Waals surface area contributed by atoms with Gasteiger partial charge in [0.25, 0.3) is 0 Å². The van der Waals surface area contributed by atoms with Crippen molar-refractivity contribution < 1.29 is 29.7 Å². The highest BCUT2D eigenvalue weighted by atomic mass is 16.4. The normalized spacial score (nSPS) is 16.0. The smallest absolute Gasteiger partial charge is 0.335 e. The number of aliphatic hydroxyl groups excluding tert-OH is 1. The van der Waals surface area contributed by atoms with E-state index in [4.69, 9.17) is 10.2 Å². The van der Waals surface area contributed by atoms with Gasteiger partial charge in [-0.2, -0.15) is 0 Å². The molecular formula is C26H30O6. The highest BCUT2D eigenvalue weighted by Crippen LogP contribution is 2.44. The molecule has 0 saturated heterocycles. The second kappa shape index (κ2) is 10.1. The minimum absolute atomic E-state index is 0.0324. The number of carbonyl (C=O) groups excluding carboxylic acids is 1. The van der Waals surface area contributed by atoms with E-state index < -0.39 is 18.0 Å². The molecule has 0 heterocycles. The van der Waals surface area contributed by atoms with Crippen LogP contribution in [0, 0.1) is 0 Å². The Morgan fingerprint density at radius 3 is 1.81 bits per heavy atom. The molecule has 1 unspecified atom stereocenters. The Labute approximate surface area is 187 Å². The Kier molecular flexibility index (Phi) is 7.46. The van der Waals surface area contributed by atoms with Crippen LogP contribution >= 0.6 is 0 Å². The highest BCUT2D eigenvalue weighted by Gasteiger charge is 2.29. The van der Waals surface area contributed by atoms with Crippen LogP contribution < -0.4 is 0 Å². The van der Waals surface area contributed by atoms with Gasteiger partial charge < -0.3 is 15.3 Å². The number of carbonyl (C=O) groups is 3. The van der Waals surface area contributed by atoms with Crippen LogP contribution in [-0.2, 0) is 0 Å². The number of Topliss-reactive ketones (excluding diaryl/α,β-unsaturated/α-hetero) is 1. The van der Waals surface area contributed by atoms with E-state index in [1.165, 1.54) is 6.07 Å². The number of carboxylic acids is 2. The molecule has 0 radical (unpaired) electrons. The number of aromatic carboxylic acids is 2. The van der Waals surface area contributed by atoms with E-state index in [1.807, 2.05) is 13.0 Å². The Bertz CT molecular complexity index is 1020. The lowest BCUT2D eigenvalue weighted by Crippen LogP contribution is -2.05. The van der Waals surface area contributed by atoms with E-state index in [-0.39, 0.29) is 16.9 Å². The number of carboxylic acid groups (broad SMARTS) is 2. The maximum Gasteiger partial charge on any atom is 0.335 e. The van der Waals surface area contributed by atoms with Gasteiger partial charge in [-0.1, -0.05) is 26.0 Å². The molecule has 0 amide bonds. The number of hydrogen-bond donors (Lipinski definition) is 3. The van der Waals surface area contributed by atoms with E-state index in [0.29, 0.717) is 30.2 Å². The van der Waals surface area contributed by atoms with Crippen LogP contribution in [0.5, 0.6) is 0 Å². The predicted molar refractivity (Wildman–Crippen MR) is 121 cm³/mol. The molecule has 32 heavy (non-hydrogen) atoms. The molecule has 2 aromatic carbocycles. The molecule has 1 atom stereocenters. The molecule has 6 heteroatoms. The van der Waals surface area contributed by atoms with Gasteiger partial charge in [0.15, 0.2) is 5.78 Å². The van der Waals surface area contributed by atoms with Crippen molar-refractivity contribution in [2.24, 2.45) is 0 Å². The van der Waals surface area contributed by atoms with Crippen LogP contribution in [0.4, 0.5) is 0 Å². The first-order chi connectivity index (χ1) is 15.3. The fraction of sp³-hybridized carbons (Fsp3) is 0.423. The minimum Gasteiger partial charge on any atom is -0.478 e. The van der Waals surface area contributed by atoms with Crippen molar-refractivity contribution in [3.63, 3.8) is 0 Å². The number of hydrogen-bond acceptors (Lipinski definition) is 4. The molecule has 0 spiro atoms. The van der Waals surface area contributed by atoms with Crippen LogP contribution in [0.1, 0.15) is 118 Å². The molecule has 2 fully saturated rings. The summed E-state index contributed by atoms with van der Waals surface area (Å²) in [5.74, 6) is -0.892. The third kappa shape index (κ3) is 5.62. The first-order valence-electron chi connectivity index (χ1n) is 11.2. The topological polar surface area (TPSA) is 112 Å². The van der Waals surface area contributed by atoms with Gasteiger partial charge in [-0.3, -0.25) is 4.79 Å². The predicted octanol–water partition coefficient (Wildman–Crippen LogP) is 5.56. The third-order valence-corrected chi connectivity index (χ3v) is 6.04. The Hall–Kier alpha value is -2.99. The van der Waals surface area contributed by atoms with Gasteiger partial charge in [0, 0.05) is 12.0 Å². The monoisotopic (exact) mass is 438 g/mol. The largest absolute Gasteiger partial charge is 0.478 e. The fourth-order valence-electron chi connectivity index (χ4n) is 3.85. The van der Waals surface area contributed by atoms with E-state index in [2.05, 4.69) is 0 Å². The zero-order valence-electron chi connectivity index (χ0n) is 18.5. The summed E-state index contributed by atoms with van der Waals surface area (Å²) in [6.07, 6.45) is 5.00. The summed E-state index contributed by atoms with van der Waals surface area (Å²) < 4.78 is 0. The van der Waals surface area contributed by atoms with Crippen molar-refractivity contribution in [2.75, 3.05) is 0 Å². The maximum atomic E-state index is 11.7. The molecule has 0 aromatic heterocycles. The van der Waals surface area contributed by atoms with E-state index >= 15 is 0 Å². The van der Waals surface area contributed by atoms with Gasteiger partial charge >= 0.3 is 11.9 Å². The van der Waals surface area contributed by atoms with Crippen molar-refractivity contribution in [3.8, 4) is 0 Å². The minimum atomic E-state index is -0.979. The molecule has 0 aliphatic heterocycles. The average Bonchev–Trinajstić information content (AvgIpc) is 3.70. The number of rotatable bonds is 8. The van der Waals surface area contributed by atoms with Gasteiger partial charge in [-0.15, -0.1) is 0 Å². The van der Waals surface area contributed by atoms with Crippen LogP contribution in [0.3, 0.4) is 0 Å². The molecule has 3 N–H and O–H groups in total. The zero-order chi connectivity index (χ0) is 23.4. The standard InChI is InChI=1S/C13H16O3.C13H14O3/c2*1-2-12(14)11-7-9(13(15)16)5-6-10(11)8-3-4-8/h5-8,12,14H,2-4H2,1H3,(H,15,16);5-8H,2-4H2,1H3,(H,15,16). The lowest BCUT2D eigenvalue weighted by Gasteiger charge is -2.14. The molecular weight excluding hydrogens is 408 g/mol. The Morgan fingerprint density at radius 1 is 0.844 bits per heavy atom. The Morgan fingerprint density at radius 2 is 1.34 bits per heavy atom. The second-order valence-corrected chi connectivity index (χ2v) is 8.51. The van der Waals surface area contributed by atoms with Crippen molar-refractivity contribution >= 4 is 17.7 Å². The van der Waals surface area contributed by atoms with Crippen molar-refractivity contribution in [1.82, 2.24) is 0 Å². The molecule has 2 saturated carbocycles. The quantitative estimate of drug-likeness (QED) is 0.465. The maximum absolute atomic E-state index is 11.7. The number of ketones is 1. The lowest BCUT2D eigenvalue weighted by molar-refractivity contribution is 0.0685. The van der Waals surface area contributed by atoms with Crippen molar-refractivity contribution in [2.45, 2.75) is 70.3 Å². The highest BCUT2D eigenvalue weighted by molar-refractivity contribution is 6.00. The summed E-state index contributed by atoms with van der Waals surface area (Å²) >= 11 is 0. The zero-order valence-corrected chi connectivity index (χ0v) is 18.5. The van der Waals surface area contributed by atoms with Crippen LogP contribution in [0.25, 0.3) is 0 Å². The summed E-state index contributed by atoms with van der Waals surface area (Å²) in [4.78, 5) is 33.5. The molecule has 6 nitrogen and oxygen atoms in total. The van der Waals surface area contributed by atoms with E-state index in [0.717, 1.165) is 42.4 Å². The SMILES string of the molecule is CCC(=O)c1cc(C(=O)O)ccc1C1CC1.CCC(O)c1cc(C(=O)O)ccc1C1CC1. The second-order valence-electron chi connectivity index (χ2n) is 8.51. The lowest BCUT2D eigenvalue weighted by atomic mass is 9.95. The summed E-state index contributed by atoms with van der Waals surface area (Å²) in [6.45, 7) is 3.70. The van der Waals surface area contributed by atoms with Gasteiger partial charge in [0.2, 0.25) is 0 Å². The van der Waals surface area contributed by atoms with E-state index in [9.17, 15) is 19.5 Å². The first kappa shape index (κ1) is 23.7. The van der Waals surface area contributed by atoms with Crippen molar-refractivity contribution in [3.05, 3.63) is 69.8 Å². The van der Waals surface area contributed by atoms with Crippen molar-refractivity contribution in [1.29, 1.82) is 0 Å². The summed E-state index contributed by atoms with van der Waals surface area (Å²) in [5, 5.41) is 27.7. The summed E-state index contributed by atoms with van der Waals surface area (Å²) in [7, 11) is 0. The van der Waals surface area contributed by atoms with Gasteiger partial charge in [0.1, 0.15) is 0 Å². The summed E-state index contributed by atoms with van der Waals surface area (Å²) in [6, 6.07) is 10.00. The molecule has 2 aromatic rings.